The van der Waals surface area contributed by atoms with Crippen LogP contribution in [0.2, 0.25) is 5.15 Å². The summed E-state index contributed by atoms with van der Waals surface area (Å²) in [5.74, 6) is 0.164. The predicted octanol–water partition coefficient (Wildman–Crippen LogP) is 3.45. The van der Waals surface area contributed by atoms with Crippen LogP contribution in [0.25, 0.3) is 0 Å². The first-order chi connectivity index (χ1) is 8.99. The summed E-state index contributed by atoms with van der Waals surface area (Å²) in [6.07, 6.45) is 2.81. The number of aryl methyl sites for hydroxylation is 2. The average molecular weight is 280 g/mol. The molecule has 0 aliphatic heterocycles. The Balaban J connectivity index is 2.51. The molecule has 1 aromatic carbocycles. The summed E-state index contributed by atoms with van der Waals surface area (Å²) in [7, 11) is 0. The molecular weight excluding hydrogens is 270 g/mol. The monoisotopic (exact) mass is 279 g/mol. The molecule has 2 rings (SSSR count). The van der Waals surface area contributed by atoms with E-state index >= 15 is 0 Å². The summed E-state index contributed by atoms with van der Waals surface area (Å²) in [5, 5.41) is 11.1. The molecule has 0 saturated heterocycles. The second-order valence-corrected chi connectivity index (χ2v) is 4.30. The van der Waals surface area contributed by atoms with Gasteiger partial charge in [-0.15, -0.1) is 0 Å². The number of hydrogen-bond donors (Lipinski definition) is 0. The molecule has 98 valence electrons. The van der Waals surface area contributed by atoms with E-state index in [-0.39, 0.29) is 22.5 Å². The van der Waals surface area contributed by atoms with Crippen molar-refractivity contribution in [3.05, 3.63) is 50.9 Å². The zero-order valence-electron chi connectivity index (χ0n) is 10.3. The number of aromatic nitrogens is 2. The maximum absolute atomic E-state index is 11.1. The van der Waals surface area contributed by atoms with Crippen molar-refractivity contribution in [1.82, 2.24) is 9.97 Å². The van der Waals surface area contributed by atoms with Crippen LogP contribution in [0.15, 0.2) is 24.5 Å². The topological polar surface area (TPSA) is 78.2 Å². The van der Waals surface area contributed by atoms with Gasteiger partial charge < -0.3 is 4.74 Å². The lowest BCUT2D eigenvalue weighted by atomic mass is 10.1. The van der Waals surface area contributed by atoms with E-state index in [4.69, 9.17) is 16.3 Å². The summed E-state index contributed by atoms with van der Waals surface area (Å²) in [5.41, 5.74) is 1.29. The van der Waals surface area contributed by atoms with Crippen molar-refractivity contribution < 1.29 is 9.66 Å². The van der Waals surface area contributed by atoms with Crippen LogP contribution in [0.1, 0.15) is 11.1 Å². The molecule has 0 atom stereocenters. The van der Waals surface area contributed by atoms with Crippen LogP contribution in [0.5, 0.6) is 11.6 Å². The van der Waals surface area contributed by atoms with E-state index in [0.717, 1.165) is 5.56 Å². The molecular formula is C12H10ClN3O3. The highest BCUT2D eigenvalue weighted by molar-refractivity contribution is 6.30. The minimum Gasteiger partial charge on any atom is -0.429 e. The van der Waals surface area contributed by atoms with Crippen LogP contribution in [-0.4, -0.2) is 14.9 Å². The zero-order valence-corrected chi connectivity index (χ0v) is 11.0. The van der Waals surface area contributed by atoms with Gasteiger partial charge in [0, 0.05) is 18.5 Å². The molecule has 7 heteroatoms. The number of benzene rings is 1. The number of hydrogen-bond acceptors (Lipinski definition) is 5. The molecule has 0 aliphatic rings. The van der Waals surface area contributed by atoms with Crippen LogP contribution < -0.4 is 4.74 Å². The van der Waals surface area contributed by atoms with Crippen LogP contribution in [0, 0.1) is 24.0 Å². The van der Waals surface area contributed by atoms with Crippen molar-refractivity contribution in [2.24, 2.45) is 0 Å². The second kappa shape index (κ2) is 5.19. The fourth-order valence-corrected chi connectivity index (χ4v) is 1.82. The third kappa shape index (κ3) is 2.79. The molecule has 0 saturated carbocycles. The summed E-state index contributed by atoms with van der Waals surface area (Å²) >= 11 is 5.82. The molecule has 0 bridgehead atoms. The lowest BCUT2D eigenvalue weighted by molar-refractivity contribution is -0.385. The number of nitro groups is 1. The van der Waals surface area contributed by atoms with Gasteiger partial charge in [0.2, 0.25) is 5.75 Å². The number of nitro benzene ring substituents is 1. The zero-order chi connectivity index (χ0) is 14.0. The molecule has 0 radical (unpaired) electrons. The molecule has 0 N–H and O–H groups in total. The average Bonchev–Trinajstić information content (AvgIpc) is 2.34. The molecule has 1 heterocycles. The van der Waals surface area contributed by atoms with Gasteiger partial charge in [0.1, 0.15) is 0 Å². The number of nitrogens with zero attached hydrogens (tertiary/aromatic N) is 3. The Hall–Kier alpha value is -2.21. The fraction of sp³-hybridized carbons (Fsp3) is 0.167. The Morgan fingerprint density at radius 2 is 1.95 bits per heavy atom. The van der Waals surface area contributed by atoms with E-state index in [9.17, 15) is 10.1 Å². The third-order valence-corrected chi connectivity index (χ3v) is 2.68. The molecule has 6 nitrogen and oxygen atoms in total. The van der Waals surface area contributed by atoms with E-state index in [1.54, 1.807) is 19.9 Å². The lowest BCUT2D eigenvalue weighted by Gasteiger charge is -2.09. The van der Waals surface area contributed by atoms with E-state index in [2.05, 4.69) is 9.97 Å². The van der Waals surface area contributed by atoms with Gasteiger partial charge in [-0.3, -0.25) is 10.1 Å². The number of halogens is 1. The van der Waals surface area contributed by atoms with Gasteiger partial charge in [0.15, 0.2) is 5.15 Å². The molecule has 0 unspecified atom stereocenters. The number of rotatable bonds is 3. The highest BCUT2D eigenvalue weighted by Crippen LogP contribution is 2.36. The highest BCUT2D eigenvalue weighted by Gasteiger charge is 2.20. The van der Waals surface area contributed by atoms with Crippen molar-refractivity contribution in [2.75, 3.05) is 0 Å². The molecule has 2 aromatic rings. The van der Waals surface area contributed by atoms with E-state index in [1.807, 2.05) is 0 Å². The third-order valence-electron chi connectivity index (χ3n) is 2.42. The Morgan fingerprint density at radius 3 is 2.58 bits per heavy atom. The SMILES string of the molecule is Cc1cc(C)c(Oc2nccnc2Cl)c([N+](=O)[O-])c1. The first-order valence-electron chi connectivity index (χ1n) is 5.39. The Kier molecular flexibility index (Phi) is 3.62. The molecule has 0 amide bonds. The van der Waals surface area contributed by atoms with Gasteiger partial charge in [0.05, 0.1) is 4.92 Å². The van der Waals surface area contributed by atoms with Crippen LogP contribution >= 0.6 is 11.6 Å². The van der Waals surface area contributed by atoms with Gasteiger partial charge in [0.25, 0.3) is 5.88 Å². The van der Waals surface area contributed by atoms with Crippen molar-refractivity contribution in [3.8, 4) is 11.6 Å². The lowest BCUT2D eigenvalue weighted by Crippen LogP contribution is -1.98. The van der Waals surface area contributed by atoms with E-state index < -0.39 is 4.92 Å². The van der Waals surface area contributed by atoms with Gasteiger partial charge in [-0.05, 0) is 25.0 Å². The standard InChI is InChI=1S/C12H10ClN3O3/c1-7-5-8(2)10(9(6-7)16(17)18)19-12-11(13)14-3-4-15-12/h3-6H,1-2H3. The highest BCUT2D eigenvalue weighted by atomic mass is 35.5. The Bertz CT molecular complexity index is 646. The maximum atomic E-state index is 11.1. The van der Waals surface area contributed by atoms with Crippen molar-refractivity contribution in [2.45, 2.75) is 13.8 Å². The molecule has 0 fully saturated rings. The van der Waals surface area contributed by atoms with Crippen LogP contribution in [-0.2, 0) is 0 Å². The molecule has 1 aromatic heterocycles. The molecule has 0 aliphatic carbocycles. The second-order valence-electron chi connectivity index (χ2n) is 3.94. The normalized spacial score (nSPS) is 10.3. The summed E-state index contributed by atoms with van der Waals surface area (Å²) in [6, 6.07) is 3.22. The minimum atomic E-state index is -0.500. The summed E-state index contributed by atoms with van der Waals surface area (Å²) in [4.78, 5) is 18.3. The number of ether oxygens (including phenoxy) is 1. The summed E-state index contributed by atoms with van der Waals surface area (Å²) in [6.45, 7) is 3.50. The van der Waals surface area contributed by atoms with Crippen molar-refractivity contribution in [1.29, 1.82) is 0 Å². The van der Waals surface area contributed by atoms with Gasteiger partial charge >= 0.3 is 5.69 Å². The van der Waals surface area contributed by atoms with Gasteiger partial charge in [-0.1, -0.05) is 17.7 Å². The van der Waals surface area contributed by atoms with Gasteiger partial charge in [-0.25, -0.2) is 9.97 Å². The van der Waals surface area contributed by atoms with Crippen molar-refractivity contribution in [3.63, 3.8) is 0 Å². The fourth-order valence-electron chi connectivity index (χ4n) is 1.67. The van der Waals surface area contributed by atoms with E-state index in [1.165, 1.54) is 18.5 Å². The first-order valence-corrected chi connectivity index (χ1v) is 5.77. The molecule has 0 spiro atoms. The smallest absolute Gasteiger partial charge is 0.312 e. The van der Waals surface area contributed by atoms with Gasteiger partial charge in [-0.2, -0.15) is 0 Å². The Labute approximate surface area is 114 Å². The minimum absolute atomic E-state index is 0.0409. The maximum Gasteiger partial charge on any atom is 0.312 e. The predicted molar refractivity (Wildman–Crippen MR) is 69.7 cm³/mol. The quantitative estimate of drug-likeness (QED) is 0.635. The van der Waals surface area contributed by atoms with E-state index in [0.29, 0.717) is 5.56 Å². The van der Waals surface area contributed by atoms with Crippen LogP contribution in [0.3, 0.4) is 0 Å². The summed E-state index contributed by atoms with van der Waals surface area (Å²) < 4.78 is 5.44. The molecule has 19 heavy (non-hydrogen) atoms. The first kappa shape index (κ1) is 13.2. The Morgan fingerprint density at radius 1 is 1.26 bits per heavy atom. The van der Waals surface area contributed by atoms with Crippen molar-refractivity contribution >= 4 is 17.3 Å². The largest absolute Gasteiger partial charge is 0.429 e. The van der Waals surface area contributed by atoms with Crippen LogP contribution in [0.4, 0.5) is 5.69 Å².